The fourth-order valence-electron chi connectivity index (χ4n) is 5.49. The first-order valence-electron chi connectivity index (χ1n) is 11.9. The number of aryl methyl sites for hydroxylation is 1. The maximum atomic E-state index is 12.1. The van der Waals surface area contributed by atoms with Crippen molar-refractivity contribution in [2.24, 2.45) is 20.8 Å². The van der Waals surface area contributed by atoms with Gasteiger partial charge in [-0.2, -0.15) is 0 Å². The number of nitrogens with zero attached hydrogens (tertiary/aromatic N) is 2. The molecular weight excluding hydrogens is 414 g/mol. The fraction of sp³-hybridized carbons (Fsp3) is 0.593. The number of nitrogens with one attached hydrogen (secondary N) is 1. The number of benzene rings is 1. The second kappa shape index (κ2) is 11.9. The Labute approximate surface area is 196 Å². The minimum absolute atomic E-state index is 0.00750. The summed E-state index contributed by atoms with van der Waals surface area (Å²) in [4.78, 5) is 43.1. The molecule has 1 aliphatic carbocycles. The van der Waals surface area contributed by atoms with Gasteiger partial charge in [-0.25, -0.2) is 19.6 Å². The molecule has 0 spiro atoms. The van der Waals surface area contributed by atoms with Gasteiger partial charge in [-0.3, -0.25) is 4.79 Å². The Kier molecular flexibility index (Phi) is 9.52. The maximum Gasteiger partial charge on any atom is 0.251 e. The molecule has 1 saturated carbocycles. The highest BCUT2D eigenvalue weighted by Gasteiger charge is 2.41. The van der Waals surface area contributed by atoms with Gasteiger partial charge < -0.3 is 4.98 Å². The van der Waals surface area contributed by atoms with Crippen molar-refractivity contribution in [2.45, 2.75) is 85.6 Å². The number of aromatic nitrogens is 1. The van der Waals surface area contributed by atoms with E-state index in [0.717, 1.165) is 56.0 Å². The molecule has 1 aliphatic rings. The highest BCUT2D eigenvalue weighted by Crippen LogP contribution is 2.47. The molecule has 6 heteroatoms. The molecule has 1 fully saturated rings. The molecule has 1 aromatic carbocycles. The number of isocyanates is 2. The normalized spacial score (nSPS) is 21.3. The zero-order chi connectivity index (χ0) is 24.5. The van der Waals surface area contributed by atoms with E-state index >= 15 is 0 Å². The summed E-state index contributed by atoms with van der Waals surface area (Å²) in [6.45, 7) is 11.1. The van der Waals surface area contributed by atoms with Gasteiger partial charge in [-0.1, -0.05) is 65.7 Å². The van der Waals surface area contributed by atoms with Gasteiger partial charge in [0.2, 0.25) is 12.2 Å². The molecule has 1 aromatic heterocycles. The summed E-state index contributed by atoms with van der Waals surface area (Å²) in [6.07, 6.45) is 9.82. The number of aromatic amines is 1. The molecule has 6 nitrogen and oxygen atoms in total. The van der Waals surface area contributed by atoms with Crippen LogP contribution in [0.5, 0.6) is 0 Å². The lowest BCUT2D eigenvalue weighted by molar-refractivity contribution is 0.0915. The van der Waals surface area contributed by atoms with E-state index in [0.29, 0.717) is 6.54 Å². The van der Waals surface area contributed by atoms with Gasteiger partial charge in [0.1, 0.15) is 0 Å². The number of pyridine rings is 1. The highest BCUT2D eigenvalue weighted by molar-refractivity contribution is 5.83. The first kappa shape index (κ1) is 26.4. The van der Waals surface area contributed by atoms with Crippen molar-refractivity contribution >= 4 is 23.1 Å². The predicted octanol–water partition coefficient (Wildman–Crippen LogP) is 5.68. The first-order chi connectivity index (χ1) is 15.7. The number of para-hydroxylation sites is 1. The number of aliphatic imine (C=N–C) groups is 2. The van der Waals surface area contributed by atoms with Crippen LogP contribution in [-0.4, -0.2) is 29.7 Å². The van der Waals surface area contributed by atoms with Gasteiger partial charge >= 0.3 is 0 Å². The summed E-state index contributed by atoms with van der Waals surface area (Å²) in [5.41, 5.74) is 3.33. The molecule has 0 bridgehead atoms. The summed E-state index contributed by atoms with van der Waals surface area (Å²) in [6, 6.07) is 8.09. The third kappa shape index (κ3) is 7.35. The average Bonchev–Trinajstić information content (AvgIpc) is 2.74. The van der Waals surface area contributed by atoms with Crippen molar-refractivity contribution in [1.29, 1.82) is 0 Å². The predicted molar refractivity (Wildman–Crippen MR) is 133 cm³/mol. The van der Waals surface area contributed by atoms with Crippen molar-refractivity contribution in [1.82, 2.24) is 4.98 Å². The lowest BCUT2D eigenvalue weighted by Gasteiger charge is -2.44. The molecule has 178 valence electrons. The molecule has 3 rings (SSSR count). The molecular formula is C27H37N3O3. The molecule has 2 unspecified atom stereocenters. The van der Waals surface area contributed by atoms with Crippen molar-refractivity contribution < 1.29 is 9.59 Å². The van der Waals surface area contributed by atoms with Gasteiger partial charge in [0.05, 0.1) is 12.6 Å². The lowest BCUT2D eigenvalue weighted by Crippen LogP contribution is -2.39. The van der Waals surface area contributed by atoms with Crippen LogP contribution in [-0.2, 0) is 22.4 Å². The smallest absolute Gasteiger partial charge is 0.251 e. The van der Waals surface area contributed by atoms with E-state index < -0.39 is 0 Å². The Morgan fingerprint density at radius 2 is 1.67 bits per heavy atom. The number of hydrogen-bond donors (Lipinski definition) is 1. The van der Waals surface area contributed by atoms with Gasteiger partial charge in [-0.15, -0.1) is 0 Å². The fourth-order valence-corrected chi connectivity index (χ4v) is 5.49. The minimum atomic E-state index is -0.0653. The van der Waals surface area contributed by atoms with E-state index in [2.05, 4.69) is 55.7 Å². The van der Waals surface area contributed by atoms with Crippen LogP contribution < -0.4 is 5.56 Å². The molecule has 0 aliphatic heterocycles. The lowest BCUT2D eigenvalue weighted by atomic mass is 9.63. The zero-order valence-corrected chi connectivity index (χ0v) is 20.7. The van der Waals surface area contributed by atoms with Crippen molar-refractivity contribution in [3.63, 3.8) is 0 Å². The molecule has 0 saturated heterocycles. The topological polar surface area (TPSA) is 91.7 Å². The Hall–Kier alpha value is -2.81. The molecule has 33 heavy (non-hydrogen) atoms. The largest absolute Gasteiger partial charge is 0.322 e. The monoisotopic (exact) mass is 451 g/mol. The standard InChI is InChI=1S/C15H19NO.C12H18N2O2/c1-3-7-11-12-9-5-6-10-14(12)16-15(17)13(11)8-4-2;1-11(2)4-10(14-9-16)5-12(3,6-11)7-13-8-15/h5-6,9-10H,3-4,7-8H2,1-2H3,(H,16,17);10H,4-7H2,1-3H3. The average molecular weight is 452 g/mol. The number of H-pyrrole nitrogens is 1. The van der Waals surface area contributed by atoms with Crippen LogP contribution in [0.25, 0.3) is 10.9 Å². The molecule has 2 atom stereocenters. The Morgan fingerprint density at radius 3 is 2.30 bits per heavy atom. The van der Waals surface area contributed by atoms with Crippen LogP contribution in [0.1, 0.15) is 77.8 Å². The summed E-state index contributed by atoms with van der Waals surface area (Å²) in [5.74, 6) is 0. The van der Waals surface area contributed by atoms with Crippen LogP contribution in [0.2, 0.25) is 0 Å². The van der Waals surface area contributed by atoms with Crippen molar-refractivity contribution in [3.8, 4) is 0 Å². The highest BCUT2D eigenvalue weighted by atomic mass is 16.1. The summed E-state index contributed by atoms with van der Waals surface area (Å²) in [5, 5.41) is 1.21. The minimum Gasteiger partial charge on any atom is -0.322 e. The van der Waals surface area contributed by atoms with Gasteiger partial charge in [0.25, 0.3) is 5.56 Å². The second-order valence-electron chi connectivity index (χ2n) is 10.3. The van der Waals surface area contributed by atoms with Gasteiger partial charge in [-0.05, 0) is 54.6 Å². The quantitative estimate of drug-likeness (QED) is 0.434. The van der Waals surface area contributed by atoms with Crippen LogP contribution in [0.15, 0.2) is 39.0 Å². The Bertz CT molecular complexity index is 1090. The summed E-state index contributed by atoms with van der Waals surface area (Å²) < 4.78 is 0. The van der Waals surface area contributed by atoms with Crippen LogP contribution in [0.4, 0.5) is 0 Å². The van der Waals surface area contributed by atoms with Crippen LogP contribution in [0.3, 0.4) is 0 Å². The van der Waals surface area contributed by atoms with E-state index in [1.165, 1.54) is 10.9 Å². The number of hydrogen-bond acceptors (Lipinski definition) is 5. The van der Waals surface area contributed by atoms with E-state index in [-0.39, 0.29) is 22.4 Å². The van der Waals surface area contributed by atoms with Crippen molar-refractivity contribution in [2.75, 3.05) is 6.54 Å². The SMILES string of the molecule is CC1(C)CC(N=C=O)CC(C)(CN=C=O)C1.CCCc1c(CCC)c2ccccc2[nH]c1=O. The number of fused-ring (bicyclic) bond motifs is 1. The summed E-state index contributed by atoms with van der Waals surface area (Å²) in [7, 11) is 0. The number of rotatable bonds is 7. The second-order valence-corrected chi connectivity index (χ2v) is 10.3. The zero-order valence-electron chi connectivity index (χ0n) is 20.7. The molecule has 0 radical (unpaired) electrons. The third-order valence-corrected chi connectivity index (χ3v) is 6.32. The molecule has 1 N–H and O–H groups in total. The van der Waals surface area contributed by atoms with E-state index in [4.69, 9.17) is 0 Å². The van der Waals surface area contributed by atoms with Crippen molar-refractivity contribution in [3.05, 3.63) is 45.7 Å². The Balaban J connectivity index is 0.000000234. The van der Waals surface area contributed by atoms with Gasteiger partial charge in [0.15, 0.2) is 0 Å². The van der Waals surface area contributed by atoms with E-state index in [9.17, 15) is 14.4 Å². The summed E-state index contributed by atoms with van der Waals surface area (Å²) >= 11 is 0. The molecule has 1 heterocycles. The molecule has 2 aromatic rings. The van der Waals surface area contributed by atoms with Crippen LogP contribution >= 0.6 is 0 Å². The van der Waals surface area contributed by atoms with Gasteiger partial charge in [0, 0.05) is 16.5 Å². The first-order valence-corrected chi connectivity index (χ1v) is 11.9. The van der Waals surface area contributed by atoms with E-state index in [1.54, 1.807) is 12.2 Å². The third-order valence-electron chi connectivity index (χ3n) is 6.32. The molecule has 0 amide bonds. The number of carbonyl (C=O) groups excluding carboxylic acids is 2. The Morgan fingerprint density at radius 1 is 1.00 bits per heavy atom. The van der Waals surface area contributed by atoms with E-state index in [1.807, 2.05) is 18.2 Å². The maximum absolute atomic E-state index is 12.1. The van der Waals surface area contributed by atoms with Crippen LogP contribution in [0, 0.1) is 10.8 Å².